The van der Waals surface area contributed by atoms with Crippen LogP contribution < -0.4 is 0 Å². The maximum Gasteiger partial charge on any atom is 0.0160 e. The van der Waals surface area contributed by atoms with Gasteiger partial charge in [-0.15, -0.1) is 0 Å². The first-order chi connectivity index (χ1) is 6.78. The van der Waals surface area contributed by atoms with Crippen molar-refractivity contribution >= 4 is 0 Å². The van der Waals surface area contributed by atoms with E-state index in [1.54, 1.807) is 12.8 Å². The second kappa shape index (κ2) is 2.75. The third-order valence-electron chi connectivity index (χ3n) is 5.67. The van der Waals surface area contributed by atoms with E-state index in [2.05, 4.69) is 25.7 Å². The normalized spacial score (nSPS) is 53.1. The lowest BCUT2D eigenvalue weighted by Crippen LogP contribution is -2.37. The number of hydrogen-bond donors (Lipinski definition) is 0. The van der Waals surface area contributed by atoms with Crippen LogP contribution in [0.25, 0.3) is 0 Å². The van der Waals surface area contributed by atoms with Gasteiger partial charge in [-0.2, -0.15) is 0 Å². The van der Waals surface area contributed by atoms with Crippen LogP contribution in [0.5, 0.6) is 0 Å². The summed E-state index contributed by atoms with van der Waals surface area (Å²) in [4.78, 5) is 2.74. The van der Waals surface area contributed by atoms with Crippen molar-refractivity contribution < 1.29 is 0 Å². The molecule has 5 atom stereocenters. The minimum atomic E-state index is 0.845. The fraction of sp³-hybridized carbons (Fsp3) is 1.00. The van der Waals surface area contributed by atoms with E-state index >= 15 is 0 Å². The van der Waals surface area contributed by atoms with Crippen molar-refractivity contribution in [3.63, 3.8) is 0 Å². The SMILES string of the molecule is CCN(CC)[C@@H]1[C@@H]2C[C@@H]3[C@@H]1[C@]3(CC)C2. The van der Waals surface area contributed by atoms with Crippen molar-refractivity contribution in [3.8, 4) is 0 Å². The van der Waals surface area contributed by atoms with Crippen molar-refractivity contribution in [2.24, 2.45) is 23.2 Å². The van der Waals surface area contributed by atoms with Crippen LogP contribution in [0.3, 0.4) is 0 Å². The Bertz CT molecular complexity index is 246. The van der Waals surface area contributed by atoms with Gasteiger partial charge in [0.1, 0.15) is 0 Å². The third-order valence-corrected chi connectivity index (χ3v) is 5.67. The summed E-state index contributed by atoms with van der Waals surface area (Å²) in [5.74, 6) is 3.32. The molecule has 0 aliphatic heterocycles. The Morgan fingerprint density at radius 3 is 2.36 bits per heavy atom. The van der Waals surface area contributed by atoms with Crippen LogP contribution in [0.4, 0.5) is 0 Å². The Hall–Kier alpha value is -0.0400. The van der Waals surface area contributed by atoms with Crippen molar-refractivity contribution in [1.29, 1.82) is 0 Å². The van der Waals surface area contributed by atoms with Crippen LogP contribution in [0, 0.1) is 23.2 Å². The summed E-state index contributed by atoms with van der Waals surface area (Å²) in [6.45, 7) is 9.60. The maximum atomic E-state index is 2.74. The molecule has 14 heavy (non-hydrogen) atoms. The van der Waals surface area contributed by atoms with Crippen LogP contribution in [0.15, 0.2) is 0 Å². The molecule has 80 valence electrons. The summed E-state index contributed by atoms with van der Waals surface area (Å²) in [6.07, 6.45) is 4.59. The summed E-state index contributed by atoms with van der Waals surface area (Å²) < 4.78 is 0. The molecule has 4 aliphatic carbocycles. The molecule has 1 heteroatoms. The van der Waals surface area contributed by atoms with E-state index in [1.165, 1.54) is 19.5 Å². The van der Waals surface area contributed by atoms with E-state index in [0.717, 1.165) is 29.2 Å². The lowest BCUT2D eigenvalue weighted by Gasteiger charge is -2.29. The second-order valence-corrected chi connectivity index (χ2v) is 5.63. The minimum absolute atomic E-state index is 0.845. The van der Waals surface area contributed by atoms with Crippen LogP contribution in [-0.2, 0) is 0 Å². The standard InChI is InChI=1S/C13H23N/c1-4-13-8-9-7-10(13)11(13)12(9)14(5-2)6-3/h9-12H,4-8H2,1-3H3/t9-,10-,11+,12-,13-/m1/s1. The topological polar surface area (TPSA) is 3.24 Å². The molecule has 0 radical (unpaired) electrons. The van der Waals surface area contributed by atoms with Crippen LogP contribution >= 0.6 is 0 Å². The largest absolute Gasteiger partial charge is 0.300 e. The molecule has 1 nitrogen and oxygen atoms in total. The smallest absolute Gasteiger partial charge is 0.0160 e. The summed E-state index contributed by atoms with van der Waals surface area (Å²) in [7, 11) is 0. The van der Waals surface area contributed by atoms with Gasteiger partial charge in [0.2, 0.25) is 0 Å². The zero-order valence-electron chi connectivity index (χ0n) is 9.79. The molecule has 0 aromatic rings. The molecule has 0 unspecified atom stereocenters. The number of nitrogens with zero attached hydrogens (tertiary/aromatic N) is 1. The molecule has 0 amide bonds. The Labute approximate surface area is 87.9 Å². The zero-order valence-corrected chi connectivity index (χ0v) is 9.79. The molecular weight excluding hydrogens is 170 g/mol. The van der Waals surface area contributed by atoms with Crippen molar-refractivity contribution in [1.82, 2.24) is 4.90 Å². The lowest BCUT2D eigenvalue weighted by atomic mass is 10.0. The summed E-state index contributed by atoms with van der Waals surface area (Å²) in [5, 5.41) is 0. The molecule has 0 spiro atoms. The van der Waals surface area contributed by atoms with Crippen molar-refractivity contribution in [2.75, 3.05) is 13.1 Å². The minimum Gasteiger partial charge on any atom is -0.300 e. The van der Waals surface area contributed by atoms with Gasteiger partial charge in [-0.05, 0) is 55.5 Å². The first kappa shape index (κ1) is 9.21. The zero-order chi connectivity index (χ0) is 9.92. The van der Waals surface area contributed by atoms with Crippen molar-refractivity contribution in [3.05, 3.63) is 0 Å². The Kier molecular flexibility index (Phi) is 1.81. The molecule has 4 rings (SSSR count). The predicted octanol–water partition coefficient (Wildman–Crippen LogP) is 2.76. The predicted molar refractivity (Wildman–Crippen MR) is 59.1 cm³/mol. The molecule has 0 N–H and O–H groups in total. The first-order valence-corrected chi connectivity index (χ1v) is 6.52. The van der Waals surface area contributed by atoms with Gasteiger partial charge in [-0.3, -0.25) is 0 Å². The molecule has 0 saturated heterocycles. The molecule has 4 aliphatic rings. The van der Waals surface area contributed by atoms with Gasteiger partial charge in [0.05, 0.1) is 0 Å². The fourth-order valence-electron chi connectivity index (χ4n) is 5.12. The average molecular weight is 193 g/mol. The Balaban J connectivity index is 1.81. The molecule has 0 aromatic carbocycles. The van der Waals surface area contributed by atoms with E-state index in [4.69, 9.17) is 0 Å². The summed E-state index contributed by atoms with van der Waals surface area (Å²) >= 11 is 0. The highest BCUT2D eigenvalue weighted by atomic mass is 15.2. The van der Waals surface area contributed by atoms with Gasteiger partial charge >= 0.3 is 0 Å². The fourth-order valence-corrected chi connectivity index (χ4v) is 5.12. The Morgan fingerprint density at radius 2 is 1.93 bits per heavy atom. The monoisotopic (exact) mass is 193 g/mol. The van der Waals surface area contributed by atoms with Crippen molar-refractivity contribution in [2.45, 2.75) is 46.1 Å². The third kappa shape index (κ3) is 0.816. The van der Waals surface area contributed by atoms with Crippen LogP contribution in [0.1, 0.15) is 40.0 Å². The average Bonchev–Trinajstić information content (AvgIpc) is 2.65. The first-order valence-electron chi connectivity index (χ1n) is 6.52. The van der Waals surface area contributed by atoms with Crippen LogP contribution in [-0.4, -0.2) is 24.0 Å². The number of rotatable bonds is 4. The van der Waals surface area contributed by atoms with Gasteiger partial charge < -0.3 is 4.90 Å². The Morgan fingerprint density at radius 1 is 1.21 bits per heavy atom. The molecule has 4 fully saturated rings. The van der Waals surface area contributed by atoms with Gasteiger partial charge in [-0.1, -0.05) is 20.8 Å². The highest BCUT2D eigenvalue weighted by molar-refractivity contribution is 5.27. The maximum absolute atomic E-state index is 2.74. The van der Waals surface area contributed by atoms with E-state index in [0.29, 0.717) is 0 Å². The molecule has 0 heterocycles. The summed E-state index contributed by atoms with van der Waals surface area (Å²) in [6, 6.07) is 0.981. The van der Waals surface area contributed by atoms with E-state index in [1.807, 2.05) is 0 Å². The highest BCUT2D eigenvalue weighted by Gasteiger charge is 2.77. The number of hydrogen-bond acceptors (Lipinski definition) is 1. The molecule has 4 saturated carbocycles. The highest BCUT2D eigenvalue weighted by Crippen LogP contribution is 2.81. The van der Waals surface area contributed by atoms with E-state index in [-0.39, 0.29) is 0 Å². The van der Waals surface area contributed by atoms with E-state index < -0.39 is 0 Å². The van der Waals surface area contributed by atoms with Gasteiger partial charge in [0.25, 0.3) is 0 Å². The van der Waals surface area contributed by atoms with Gasteiger partial charge in [0.15, 0.2) is 0 Å². The molecule has 0 aromatic heterocycles. The summed E-state index contributed by atoms with van der Waals surface area (Å²) in [5.41, 5.74) is 0.845. The van der Waals surface area contributed by atoms with Crippen LogP contribution in [0.2, 0.25) is 0 Å². The van der Waals surface area contributed by atoms with Gasteiger partial charge in [-0.25, -0.2) is 0 Å². The second-order valence-electron chi connectivity index (χ2n) is 5.63. The molecule has 4 bridgehead atoms. The lowest BCUT2D eigenvalue weighted by molar-refractivity contribution is 0.177. The quantitative estimate of drug-likeness (QED) is 0.663. The van der Waals surface area contributed by atoms with Gasteiger partial charge in [0, 0.05) is 6.04 Å². The van der Waals surface area contributed by atoms with E-state index in [9.17, 15) is 0 Å². The molecular formula is C13H23N.